The van der Waals surface area contributed by atoms with Gasteiger partial charge in [0.2, 0.25) is 5.95 Å². The highest BCUT2D eigenvalue weighted by Gasteiger charge is 2.06. The molecule has 0 aliphatic carbocycles. The normalized spacial score (nSPS) is 10.6. The molecular weight excluding hydrogens is 243 g/mol. The third kappa shape index (κ3) is 2.30. The summed E-state index contributed by atoms with van der Waals surface area (Å²) in [6, 6.07) is 13.8. The number of nitrogens with zero attached hydrogens (tertiary/aromatic N) is 2. The molecule has 0 aliphatic heterocycles. The fraction of sp³-hybridized carbons (Fsp3) is 0. The molecule has 0 spiro atoms. The van der Waals surface area contributed by atoms with Crippen molar-refractivity contribution in [2.75, 3.05) is 11.1 Å². The van der Waals surface area contributed by atoms with Crippen LogP contribution in [0.4, 0.5) is 21.8 Å². The Morgan fingerprint density at radius 2 is 1.79 bits per heavy atom. The van der Waals surface area contributed by atoms with Crippen LogP contribution in [0.25, 0.3) is 10.9 Å². The van der Waals surface area contributed by atoms with Crippen LogP contribution < -0.4 is 11.1 Å². The molecule has 1 aromatic heterocycles. The molecule has 0 fully saturated rings. The van der Waals surface area contributed by atoms with Crippen LogP contribution in [0.5, 0.6) is 0 Å². The number of nitrogen functional groups attached to an aromatic ring is 1. The van der Waals surface area contributed by atoms with E-state index in [1.54, 1.807) is 6.07 Å². The van der Waals surface area contributed by atoms with Gasteiger partial charge in [0.05, 0.1) is 5.52 Å². The Morgan fingerprint density at radius 3 is 2.58 bits per heavy atom. The van der Waals surface area contributed by atoms with E-state index >= 15 is 0 Å². The molecule has 0 atom stereocenters. The number of nitrogens with two attached hydrogens (primary N) is 1. The van der Waals surface area contributed by atoms with E-state index in [4.69, 9.17) is 5.73 Å². The van der Waals surface area contributed by atoms with Crippen molar-refractivity contribution in [3.63, 3.8) is 0 Å². The molecule has 0 bridgehead atoms. The van der Waals surface area contributed by atoms with Crippen molar-refractivity contribution in [1.29, 1.82) is 0 Å². The first-order chi connectivity index (χ1) is 9.22. The number of aromatic nitrogens is 2. The Morgan fingerprint density at radius 1 is 1.00 bits per heavy atom. The summed E-state index contributed by atoms with van der Waals surface area (Å²) in [7, 11) is 0. The summed E-state index contributed by atoms with van der Waals surface area (Å²) in [4.78, 5) is 8.43. The second kappa shape index (κ2) is 4.53. The van der Waals surface area contributed by atoms with Gasteiger partial charge in [-0.15, -0.1) is 0 Å². The minimum absolute atomic E-state index is 0.253. The van der Waals surface area contributed by atoms with Gasteiger partial charge in [-0.1, -0.05) is 18.2 Å². The highest BCUT2D eigenvalue weighted by Crippen LogP contribution is 2.22. The van der Waals surface area contributed by atoms with Crippen molar-refractivity contribution < 1.29 is 4.39 Å². The third-order valence-electron chi connectivity index (χ3n) is 2.72. The lowest BCUT2D eigenvalue weighted by Gasteiger charge is -2.07. The third-order valence-corrected chi connectivity index (χ3v) is 2.72. The van der Waals surface area contributed by atoms with Crippen LogP contribution in [0.3, 0.4) is 0 Å². The van der Waals surface area contributed by atoms with Crippen molar-refractivity contribution in [3.05, 3.63) is 54.3 Å². The molecule has 94 valence electrons. The first-order valence-corrected chi connectivity index (χ1v) is 5.77. The molecule has 0 amide bonds. The van der Waals surface area contributed by atoms with Gasteiger partial charge in [0.15, 0.2) is 0 Å². The van der Waals surface area contributed by atoms with Gasteiger partial charge in [-0.2, -0.15) is 4.98 Å². The lowest BCUT2D eigenvalue weighted by molar-refractivity contribution is 0.629. The summed E-state index contributed by atoms with van der Waals surface area (Å²) in [5.41, 5.74) is 7.29. The molecule has 2 aromatic carbocycles. The zero-order valence-electron chi connectivity index (χ0n) is 9.97. The van der Waals surface area contributed by atoms with Crippen molar-refractivity contribution in [2.24, 2.45) is 0 Å². The Balaban J connectivity index is 2.04. The second-order valence-electron chi connectivity index (χ2n) is 4.08. The van der Waals surface area contributed by atoms with Crippen LogP contribution in [0, 0.1) is 5.82 Å². The van der Waals surface area contributed by atoms with Gasteiger partial charge in [0.25, 0.3) is 0 Å². The minimum atomic E-state index is -0.355. The minimum Gasteiger partial charge on any atom is -0.383 e. The van der Waals surface area contributed by atoms with E-state index < -0.39 is 0 Å². The monoisotopic (exact) mass is 254 g/mol. The summed E-state index contributed by atoms with van der Waals surface area (Å²) in [6.45, 7) is 0. The zero-order valence-corrected chi connectivity index (χ0v) is 9.97. The molecule has 3 aromatic rings. The quantitative estimate of drug-likeness (QED) is 0.737. The topological polar surface area (TPSA) is 63.8 Å². The summed E-state index contributed by atoms with van der Waals surface area (Å²) < 4.78 is 13.1. The molecule has 5 heteroatoms. The van der Waals surface area contributed by atoms with Crippen molar-refractivity contribution >= 4 is 28.4 Å². The van der Waals surface area contributed by atoms with Gasteiger partial charge in [-0.05, 0) is 30.3 Å². The van der Waals surface area contributed by atoms with E-state index in [9.17, 15) is 4.39 Å². The van der Waals surface area contributed by atoms with Crippen LogP contribution in [0.15, 0.2) is 48.5 Å². The first kappa shape index (κ1) is 11.4. The molecule has 0 saturated heterocycles. The molecule has 4 nitrogen and oxygen atoms in total. The summed E-state index contributed by atoms with van der Waals surface area (Å²) in [6.07, 6.45) is 0. The van der Waals surface area contributed by atoms with Crippen molar-refractivity contribution in [3.8, 4) is 0 Å². The standard InChI is InChI=1S/C14H11FN4/c15-9-6-7-12-11(8-9)13(16)19-14(18-12)17-10-4-2-1-3-5-10/h1-8H,(H3,16,17,18,19). The maximum atomic E-state index is 13.1. The fourth-order valence-electron chi connectivity index (χ4n) is 1.83. The van der Waals surface area contributed by atoms with Crippen LogP contribution in [-0.4, -0.2) is 9.97 Å². The van der Waals surface area contributed by atoms with Gasteiger partial charge >= 0.3 is 0 Å². The average Bonchev–Trinajstić information content (AvgIpc) is 2.41. The maximum Gasteiger partial charge on any atom is 0.229 e. The predicted octanol–water partition coefficient (Wildman–Crippen LogP) is 3.09. The number of hydrogen-bond acceptors (Lipinski definition) is 4. The van der Waals surface area contributed by atoms with E-state index in [2.05, 4.69) is 15.3 Å². The number of anilines is 3. The zero-order chi connectivity index (χ0) is 13.2. The smallest absolute Gasteiger partial charge is 0.229 e. The molecule has 0 saturated carbocycles. The van der Waals surface area contributed by atoms with E-state index in [0.29, 0.717) is 16.9 Å². The molecule has 1 heterocycles. The number of benzene rings is 2. The summed E-state index contributed by atoms with van der Waals surface area (Å²) in [5.74, 6) is 0.289. The van der Waals surface area contributed by atoms with Crippen LogP contribution >= 0.6 is 0 Å². The summed E-state index contributed by atoms with van der Waals surface area (Å²) in [5, 5.41) is 3.57. The van der Waals surface area contributed by atoms with Gasteiger partial charge < -0.3 is 11.1 Å². The lowest BCUT2D eigenvalue weighted by Crippen LogP contribution is -2.01. The van der Waals surface area contributed by atoms with E-state index in [1.807, 2.05) is 30.3 Å². The van der Waals surface area contributed by atoms with E-state index in [0.717, 1.165) is 5.69 Å². The van der Waals surface area contributed by atoms with Crippen LogP contribution in [-0.2, 0) is 0 Å². The molecule has 0 unspecified atom stereocenters. The van der Waals surface area contributed by atoms with Gasteiger partial charge in [-0.25, -0.2) is 9.37 Å². The lowest BCUT2D eigenvalue weighted by atomic mass is 10.2. The molecule has 0 aliphatic rings. The van der Waals surface area contributed by atoms with Gasteiger partial charge in [0.1, 0.15) is 11.6 Å². The Bertz CT molecular complexity index is 728. The molecule has 3 N–H and O–H groups in total. The number of nitrogens with one attached hydrogen (secondary N) is 1. The van der Waals surface area contributed by atoms with Crippen LogP contribution in [0.1, 0.15) is 0 Å². The average molecular weight is 254 g/mol. The number of halogens is 1. The van der Waals surface area contributed by atoms with Crippen molar-refractivity contribution in [2.45, 2.75) is 0 Å². The summed E-state index contributed by atoms with van der Waals surface area (Å²) >= 11 is 0. The van der Waals surface area contributed by atoms with Crippen molar-refractivity contribution in [1.82, 2.24) is 9.97 Å². The second-order valence-corrected chi connectivity index (χ2v) is 4.08. The highest BCUT2D eigenvalue weighted by molar-refractivity contribution is 5.89. The number of fused-ring (bicyclic) bond motifs is 1. The molecular formula is C14H11FN4. The Kier molecular flexibility index (Phi) is 2.72. The highest BCUT2D eigenvalue weighted by atomic mass is 19.1. The fourth-order valence-corrected chi connectivity index (χ4v) is 1.83. The Hall–Kier alpha value is -2.69. The Labute approximate surface area is 109 Å². The predicted molar refractivity (Wildman–Crippen MR) is 73.6 cm³/mol. The molecule has 19 heavy (non-hydrogen) atoms. The molecule has 0 radical (unpaired) electrons. The molecule has 3 rings (SSSR count). The number of hydrogen-bond donors (Lipinski definition) is 2. The van der Waals surface area contributed by atoms with Gasteiger partial charge in [-0.3, -0.25) is 0 Å². The SMILES string of the molecule is Nc1nc(Nc2ccccc2)nc2ccc(F)cc12. The first-order valence-electron chi connectivity index (χ1n) is 5.77. The number of rotatable bonds is 2. The largest absolute Gasteiger partial charge is 0.383 e. The maximum absolute atomic E-state index is 13.1. The van der Waals surface area contributed by atoms with E-state index in [-0.39, 0.29) is 11.6 Å². The van der Waals surface area contributed by atoms with Gasteiger partial charge in [0, 0.05) is 11.1 Å². The van der Waals surface area contributed by atoms with Crippen LogP contribution in [0.2, 0.25) is 0 Å². The van der Waals surface area contributed by atoms with E-state index in [1.165, 1.54) is 12.1 Å². The number of para-hydroxylation sites is 1.